The minimum absolute atomic E-state index is 0.374. The van der Waals surface area contributed by atoms with Crippen molar-refractivity contribution in [3.05, 3.63) is 24.3 Å². The predicted molar refractivity (Wildman–Crippen MR) is 222 cm³/mol. The molecule has 0 bridgehead atoms. The maximum atomic E-state index is 12.4. The van der Waals surface area contributed by atoms with Gasteiger partial charge < -0.3 is 20.6 Å². The first kappa shape index (κ1) is 49.8. The molecule has 5 nitrogen and oxygen atoms in total. The van der Waals surface area contributed by atoms with E-state index in [1.165, 1.54) is 180 Å². The van der Waals surface area contributed by atoms with Gasteiger partial charge in [-0.15, -0.1) is 0 Å². The van der Waals surface area contributed by atoms with Crippen LogP contribution in [0.25, 0.3) is 0 Å². The zero-order valence-corrected chi connectivity index (χ0v) is 34.2. The van der Waals surface area contributed by atoms with Crippen LogP contribution in [-0.4, -0.2) is 46.1 Å². The smallest absolute Gasteiger partial charge is 0.249 e. The third kappa shape index (κ3) is 37.0. The Morgan fingerprint density at radius 3 is 1.20 bits per heavy atom. The van der Waals surface area contributed by atoms with E-state index < -0.39 is 24.2 Å². The van der Waals surface area contributed by atoms with Crippen LogP contribution in [0.1, 0.15) is 239 Å². The molecule has 0 aromatic heterocycles. The lowest BCUT2D eigenvalue weighted by atomic mass is 10.0. The summed E-state index contributed by atoms with van der Waals surface area (Å²) in [7, 11) is 0. The van der Waals surface area contributed by atoms with E-state index in [1.54, 1.807) is 6.08 Å². The lowest BCUT2D eigenvalue weighted by molar-refractivity contribution is -0.131. The first-order valence-electron chi connectivity index (χ1n) is 22.7. The topological polar surface area (TPSA) is 89.8 Å². The van der Waals surface area contributed by atoms with Crippen molar-refractivity contribution in [2.45, 2.75) is 257 Å². The lowest BCUT2D eigenvalue weighted by Crippen LogP contribution is -2.48. The summed E-state index contributed by atoms with van der Waals surface area (Å²) in [6.07, 6.45) is 51.0. The van der Waals surface area contributed by atoms with E-state index in [9.17, 15) is 20.1 Å². The van der Waals surface area contributed by atoms with Crippen LogP contribution < -0.4 is 5.32 Å². The number of allylic oxidation sites excluding steroid dienone is 3. The molecule has 0 radical (unpaired) electrons. The predicted octanol–water partition coefficient (Wildman–Crippen LogP) is 13.0. The van der Waals surface area contributed by atoms with Crippen LogP contribution in [0.5, 0.6) is 0 Å². The van der Waals surface area contributed by atoms with Gasteiger partial charge in [0.15, 0.2) is 0 Å². The number of carbonyl (C=O) groups excluding carboxylic acids is 1. The van der Waals surface area contributed by atoms with Crippen LogP contribution in [-0.2, 0) is 4.79 Å². The van der Waals surface area contributed by atoms with Gasteiger partial charge in [-0.05, 0) is 32.1 Å². The number of amides is 1. The SMILES string of the molecule is CCCCCC/C=C/CC/C=C/C(O)C(CO)NC(=O)C(O)CCCCCCCCCCCCCCCCCCCCCCCCCCCCC. The number of hydrogen-bond acceptors (Lipinski definition) is 4. The Bertz CT molecular complexity index is 754. The minimum atomic E-state index is -1.10. The molecule has 0 heterocycles. The maximum absolute atomic E-state index is 12.4. The summed E-state index contributed by atoms with van der Waals surface area (Å²) in [4.78, 5) is 12.4. The van der Waals surface area contributed by atoms with Crippen LogP contribution in [0.3, 0.4) is 0 Å². The van der Waals surface area contributed by atoms with Crippen LogP contribution in [0.2, 0.25) is 0 Å². The standard InChI is InChI=1S/C46H89NO4/c1-3-5-7-9-11-13-15-16-17-18-19-20-21-22-23-24-25-26-27-28-29-30-31-33-35-37-39-41-45(50)46(51)47-43(42-48)44(49)40-38-36-34-32-14-12-10-8-6-4-2/h14,32,38,40,43-45,48-50H,3-13,15-31,33-37,39,41-42H2,1-2H3,(H,47,51)/b32-14+,40-38+. The summed E-state index contributed by atoms with van der Waals surface area (Å²) in [5, 5.41) is 33.0. The molecule has 0 rings (SSSR count). The molecular weight excluding hydrogens is 631 g/mol. The van der Waals surface area contributed by atoms with Crippen LogP contribution in [0.15, 0.2) is 24.3 Å². The quantitative estimate of drug-likeness (QED) is 0.0374. The number of hydrogen-bond donors (Lipinski definition) is 4. The van der Waals surface area contributed by atoms with E-state index in [1.807, 2.05) is 6.08 Å². The fourth-order valence-corrected chi connectivity index (χ4v) is 6.97. The first-order valence-corrected chi connectivity index (χ1v) is 22.7. The number of nitrogens with one attached hydrogen (secondary N) is 1. The lowest BCUT2D eigenvalue weighted by Gasteiger charge is -2.21. The van der Waals surface area contributed by atoms with Gasteiger partial charge >= 0.3 is 0 Å². The maximum Gasteiger partial charge on any atom is 0.249 e. The molecule has 0 saturated heterocycles. The van der Waals surface area contributed by atoms with Gasteiger partial charge in [0.2, 0.25) is 5.91 Å². The molecule has 4 N–H and O–H groups in total. The molecule has 0 aliphatic carbocycles. The molecule has 302 valence electrons. The molecule has 0 spiro atoms. The molecule has 0 aromatic rings. The Kier molecular flexibility index (Phi) is 40.6. The summed E-state index contributed by atoms with van der Waals surface area (Å²) in [6.45, 7) is 4.14. The van der Waals surface area contributed by atoms with Crippen molar-refractivity contribution in [2.24, 2.45) is 0 Å². The molecule has 0 aliphatic heterocycles. The summed E-state index contributed by atoms with van der Waals surface area (Å²) in [5.41, 5.74) is 0. The van der Waals surface area contributed by atoms with Crippen molar-refractivity contribution in [3.63, 3.8) is 0 Å². The number of aliphatic hydroxyl groups excluding tert-OH is 3. The summed E-state index contributed by atoms with van der Waals surface area (Å²) >= 11 is 0. The zero-order chi connectivity index (χ0) is 37.3. The largest absolute Gasteiger partial charge is 0.394 e. The van der Waals surface area contributed by atoms with E-state index in [0.29, 0.717) is 6.42 Å². The van der Waals surface area contributed by atoms with Gasteiger partial charge in [0.25, 0.3) is 0 Å². The van der Waals surface area contributed by atoms with Crippen LogP contribution >= 0.6 is 0 Å². The van der Waals surface area contributed by atoms with Crippen molar-refractivity contribution < 1.29 is 20.1 Å². The molecule has 0 aliphatic rings. The molecule has 3 unspecified atom stereocenters. The fourth-order valence-electron chi connectivity index (χ4n) is 6.97. The second kappa shape index (κ2) is 41.6. The average Bonchev–Trinajstić information content (AvgIpc) is 3.13. The highest BCUT2D eigenvalue weighted by Crippen LogP contribution is 2.17. The van der Waals surface area contributed by atoms with Gasteiger partial charge in [-0.1, -0.05) is 231 Å². The third-order valence-electron chi connectivity index (χ3n) is 10.5. The molecular formula is C46H89NO4. The van der Waals surface area contributed by atoms with Gasteiger partial charge in [0.05, 0.1) is 18.8 Å². The van der Waals surface area contributed by atoms with Crippen LogP contribution in [0.4, 0.5) is 0 Å². The molecule has 0 aromatic carbocycles. The molecule has 0 fully saturated rings. The number of rotatable bonds is 41. The monoisotopic (exact) mass is 720 g/mol. The Labute approximate surface area is 318 Å². The second-order valence-electron chi connectivity index (χ2n) is 15.6. The van der Waals surface area contributed by atoms with Gasteiger partial charge in [-0.2, -0.15) is 0 Å². The van der Waals surface area contributed by atoms with Crippen molar-refractivity contribution in [1.29, 1.82) is 0 Å². The third-order valence-corrected chi connectivity index (χ3v) is 10.5. The Morgan fingerprint density at radius 2 is 0.804 bits per heavy atom. The van der Waals surface area contributed by atoms with E-state index in [4.69, 9.17) is 0 Å². The van der Waals surface area contributed by atoms with E-state index in [2.05, 4.69) is 31.3 Å². The fraction of sp³-hybridized carbons (Fsp3) is 0.891. The highest BCUT2D eigenvalue weighted by Gasteiger charge is 2.22. The van der Waals surface area contributed by atoms with Gasteiger partial charge in [-0.3, -0.25) is 4.79 Å². The highest BCUT2D eigenvalue weighted by atomic mass is 16.3. The van der Waals surface area contributed by atoms with Crippen molar-refractivity contribution in [1.82, 2.24) is 5.32 Å². The van der Waals surface area contributed by atoms with E-state index in [-0.39, 0.29) is 6.61 Å². The highest BCUT2D eigenvalue weighted by molar-refractivity contribution is 5.80. The molecule has 0 saturated carbocycles. The molecule has 5 heteroatoms. The molecule has 51 heavy (non-hydrogen) atoms. The van der Waals surface area contributed by atoms with E-state index in [0.717, 1.165) is 38.5 Å². The summed E-state index contributed by atoms with van der Waals surface area (Å²) < 4.78 is 0. The number of unbranched alkanes of at least 4 members (excludes halogenated alkanes) is 31. The normalized spacial score (nSPS) is 13.7. The Balaban J connectivity index is 3.53. The second-order valence-corrected chi connectivity index (χ2v) is 15.6. The Hall–Kier alpha value is -1.17. The van der Waals surface area contributed by atoms with Crippen molar-refractivity contribution in [2.75, 3.05) is 6.61 Å². The van der Waals surface area contributed by atoms with Crippen molar-refractivity contribution >= 4 is 5.91 Å². The van der Waals surface area contributed by atoms with Gasteiger partial charge in [0.1, 0.15) is 6.10 Å². The van der Waals surface area contributed by atoms with Gasteiger partial charge in [0, 0.05) is 0 Å². The number of carbonyl (C=O) groups is 1. The summed E-state index contributed by atoms with van der Waals surface area (Å²) in [5.74, 6) is -0.512. The van der Waals surface area contributed by atoms with E-state index >= 15 is 0 Å². The minimum Gasteiger partial charge on any atom is -0.394 e. The van der Waals surface area contributed by atoms with Crippen molar-refractivity contribution in [3.8, 4) is 0 Å². The summed E-state index contributed by atoms with van der Waals surface area (Å²) in [6, 6.07) is -0.809. The van der Waals surface area contributed by atoms with Crippen LogP contribution in [0, 0.1) is 0 Å². The molecule has 1 amide bonds. The Morgan fingerprint density at radius 1 is 0.471 bits per heavy atom. The average molecular weight is 720 g/mol. The zero-order valence-electron chi connectivity index (χ0n) is 34.2. The number of aliphatic hydroxyl groups is 3. The first-order chi connectivity index (χ1) is 25.1. The van der Waals surface area contributed by atoms with Gasteiger partial charge in [-0.25, -0.2) is 0 Å². The molecule has 3 atom stereocenters.